The molecule has 2 heterocycles. The van der Waals surface area contributed by atoms with E-state index in [9.17, 15) is 13.2 Å². The second-order valence-corrected chi connectivity index (χ2v) is 10.7. The van der Waals surface area contributed by atoms with Crippen molar-refractivity contribution in [1.82, 2.24) is 10.3 Å². The molecular weight excluding hydrogens is 338 g/mol. The average Bonchev–Trinajstić information content (AvgIpc) is 3.39. The van der Waals surface area contributed by atoms with Gasteiger partial charge in [0.1, 0.15) is 0 Å². The Balaban J connectivity index is 1.59. The second-order valence-electron chi connectivity index (χ2n) is 8.01. The molecule has 1 amide bonds. The van der Waals surface area contributed by atoms with Crippen LogP contribution in [0, 0.1) is 5.92 Å². The summed E-state index contributed by atoms with van der Waals surface area (Å²) in [6.07, 6.45) is 5.50. The van der Waals surface area contributed by atoms with Gasteiger partial charge in [-0.2, -0.15) is 0 Å². The molecule has 0 bridgehead atoms. The summed E-state index contributed by atoms with van der Waals surface area (Å²) in [5, 5.41) is 3.26. The van der Waals surface area contributed by atoms with Crippen molar-refractivity contribution in [2.45, 2.75) is 62.3 Å². The van der Waals surface area contributed by atoms with E-state index in [4.69, 9.17) is 0 Å². The highest BCUT2D eigenvalue weighted by Crippen LogP contribution is 2.30. The third-order valence-electron chi connectivity index (χ3n) is 4.96. The largest absolute Gasteiger partial charge is 0.370 e. The fourth-order valence-electron chi connectivity index (χ4n) is 2.98. The van der Waals surface area contributed by atoms with Gasteiger partial charge in [0.15, 0.2) is 14.9 Å². The Labute approximate surface area is 149 Å². The van der Waals surface area contributed by atoms with Gasteiger partial charge in [0.25, 0.3) is 0 Å². The monoisotopic (exact) mass is 365 g/mol. The summed E-state index contributed by atoms with van der Waals surface area (Å²) in [6, 6.07) is 3.67. The topological polar surface area (TPSA) is 79.4 Å². The highest BCUT2D eigenvalue weighted by atomic mass is 32.2. The van der Waals surface area contributed by atoms with Crippen LogP contribution in [0.15, 0.2) is 23.4 Å². The fraction of sp³-hybridized carbons (Fsp3) is 0.667. The van der Waals surface area contributed by atoms with E-state index in [1.54, 1.807) is 33.0 Å². The number of carbonyl (C=O) groups excluding carboxylic acids is 1. The minimum atomic E-state index is -3.43. The van der Waals surface area contributed by atoms with Gasteiger partial charge in [-0.05, 0) is 58.6 Å². The third-order valence-corrected chi connectivity index (χ3v) is 7.36. The van der Waals surface area contributed by atoms with Crippen LogP contribution in [-0.2, 0) is 14.6 Å². The summed E-state index contributed by atoms with van der Waals surface area (Å²) in [7, 11) is -3.43. The normalized spacial score (nSPS) is 19.7. The molecule has 2 fully saturated rings. The molecule has 0 spiro atoms. The summed E-state index contributed by atoms with van der Waals surface area (Å²) in [5.41, 5.74) is 0.930. The molecule has 1 N–H and O–H groups in total. The fourth-order valence-corrected chi connectivity index (χ4v) is 4.04. The molecule has 3 rings (SSSR count). The maximum Gasteiger partial charge on any atom is 0.223 e. The Morgan fingerprint density at radius 3 is 2.28 bits per heavy atom. The third kappa shape index (κ3) is 3.97. The second kappa shape index (κ2) is 6.59. The predicted molar refractivity (Wildman–Crippen MR) is 97.3 cm³/mol. The zero-order valence-electron chi connectivity index (χ0n) is 15.2. The molecule has 7 heteroatoms. The molecule has 1 saturated carbocycles. The van der Waals surface area contributed by atoms with E-state index < -0.39 is 14.6 Å². The van der Waals surface area contributed by atoms with Crippen molar-refractivity contribution < 1.29 is 13.2 Å². The lowest BCUT2D eigenvalue weighted by Crippen LogP contribution is -2.45. The van der Waals surface area contributed by atoms with Crippen LogP contribution in [0.5, 0.6) is 0 Å². The first-order valence-corrected chi connectivity index (χ1v) is 10.4. The van der Waals surface area contributed by atoms with Crippen LogP contribution in [0.1, 0.15) is 46.5 Å². The lowest BCUT2D eigenvalue weighted by atomic mass is 10.0. The van der Waals surface area contributed by atoms with Gasteiger partial charge in [-0.25, -0.2) is 13.4 Å². The quantitative estimate of drug-likeness (QED) is 0.884. The molecule has 1 aliphatic heterocycles. The van der Waals surface area contributed by atoms with E-state index >= 15 is 0 Å². The first kappa shape index (κ1) is 18.2. The maximum atomic E-state index is 12.4. The van der Waals surface area contributed by atoms with Crippen LogP contribution in [-0.4, -0.2) is 43.2 Å². The van der Waals surface area contributed by atoms with Crippen molar-refractivity contribution >= 4 is 21.4 Å². The van der Waals surface area contributed by atoms with Crippen molar-refractivity contribution in [2.24, 2.45) is 5.92 Å². The summed E-state index contributed by atoms with van der Waals surface area (Å²) in [5.74, 6) is 0.455. The summed E-state index contributed by atoms with van der Waals surface area (Å²) in [6.45, 7) is 6.71. The molecule has 1 aromatic heterocycles. The number of carbonyl (C=O) groups is 1. The number of aromatic nitrogens is 1. The van der Waals surface area contributed by atoms with Crippen LogP contribution in [0.2, 0.25) is 0 Å². The van der Waals surface area contributed by atoms with E-state index in [2.05, 4.69) is 15.2 Å². The first-order valence-electron chi connectivity index (χ1n) is 8.94. The number of rotatable bonds is 4. The van der Waals surface area contributed by atoms with E-state index in [-0.39, 0.29) is 22.9 Å². The summed E-state index contributed by atoms with van der Waals surface area (Å²) in [4.78, 5) is 18.2. The number of nitrogens with zero attached hydrogens (tertiary/aromatic N) is 2. The zero-order chi connectivity index (χ0) is 18.2. The first-order chi connectivity index (χ1) is 11.7. The van der Waals surface area contributed by atoms with Gasteiger partial charge in [0.2, 0.25) is 5.91 Å². The lowest BCUT2D eigenvalue weighted by Gasteiger charge is -2.34. The Hall–Kier alpha value is -1.63. The molecule has 1 aromatic rings. The molecule has 0 radical (unpaired) electrons. The standard InChI is InChI=1S/C18H27N3O3S/c1-18(2,3)25(23,24)16-7-6-15(12-19-16)21-10-8-14(9-11-21)20-17(22)13-4-5-13/h6-7,12-14H,4-5,8-11H2,1-3H3,(H,20,22). The van der Waals surface area contributed by atoms with E-state index in [1.807, 2.05) is 6.07 Å². The van der Waals surface area contributed by atoms with Gasteiger partial charge >= 0.3 is 0 Å². The average molecular weight is 365 g/mol. The minimum Gasteiger partial charge on any atom is -0.370 e. The maximum absolute atomic E-state index is 12.4. The number of nitrogens with one attached hydrogen (secondary N) is 1. The SMILES string of the molecule is CC(C)(C)S(=O)(=O)c1ccc(N2CCC(NC(=O)C3CC3)CC2)cn1. The lowest BCUT2D eigenvalue weighted by molar-refractivity contribution is -0.123. The van der Waals surface area contributed by atoms with Gasteiger partial charge < -0.3 is 10.2 Å². The van der Waals surface area contributed by atoms with Crippen LogP contribution in [0.3, 0.4) is 0 Å². The smallest absolute Gasteiger partial charge is 0.223 e. The number of anilines is 1. The molecule has 2 aliphatic rings. The molecule has 0 atom stereocenters. The van der Waals surface area contributed by atoms with Gasteiger partial charge in [-0.1, -0.05) is 0 Å². The number of amides is 1. The Kier molecular flexibility index (Phi) is 4.79. The molecule has 0 unspecified atom stereocenters. The van der Waals surface area contributed by atoms with Crippen LogP contribution >= 0.6 is 0 Å². The van der Waals surface area contributed by atoms with Gasteiger partial charge in [-0.3, -0.25) is 4.79 Å². The van der Waals surface area contributed by atoms with Crippen molar-refractivity contribution in [3.8, 4) is 0 Å². The highest BCUT2D eigenvalue weighted by Gasteiger charge is 2.33. The predicted octanol–water partition coefficient (Wildman–Crippen LogP) is 2.15. The van der Waals surface area contributed by atoms with Crippen molar-refractivity contribution in [2.75, 3.05) is 18.0 Å². The summed E-state index contributed by atoms with van der Waals surface area (Å²) >= 11 is 0. The molecule has 25 heavy (non-hydrogen) atoms. The zero-order valence-corrected chi connectivity index (χ0v) is 16.0. The number of hydrogen-bond donors (Lipinski definition) is 1. The molecule has 138 valence electrons. The van der Waals surface area contributed by atoms with Crippen LogP contribution in [0.4, 0.5) is 5.69 Å². The Bertz CT molecular complexity index is 726. The minimum absolute atomic E-state index is 0.121. The molecule has 1 aliphatic carbocycles. The molecular formula is C18H27N3O3S. The van der Waals surface area contributed by atoms with E-state index in [1.165, 1.54) is 0 Å². The van der Waals surface area contributed by atoms with Gasteiger partial charge in [-0.15, -0.1) is 0 Å². The van der Waals surface area contributed by atoms with Crippen LogP contribution < -0.4 is 10.2 Å². The summed E-state index contributed by atoms with van der Waals surface area (Å²) < 4.78 is 24.0. The van der Waals surface area contributed by atoms with Gasteiger partial charge in [0.05, 0.1) is 16.6 Å². The molecule has 6 nitrogen and oxygen atoms in total. The molecule has 1 saturated heterocycles. The van der Waals surface area contributed by atoms with Gasteiger partial charge in [0, 0.05) is 25.0 Å². The van der Waals surface area contributed by atoms with Crippen molar-refractivity contribution in [1.29, 1.82) is 0 Å². The van der Waals surface area contributed by atoms with Crippen LogP contribution in [0.25, 0.3) is 0 Å². The number of sulfone groups is 1. The van der Waals surface area contributed by atoms with E-state index in [0.29, 0.717) is 0 Å². The molecule has 0 aromatic carbocycles. The Morgan fingerprint density at radius 2 is 1.80 bits per heavy atom. The highest BCUT2D eigenvalue weighted by molar-refractivity contribution is 7.92. The van der Waals surface area contributed by atoms with Crippen molar-refractivity contribution in [3.63, 3.8) is 0 Å². The Morgan fingerprint density at radius 1 is 1.16 bits per heavy atom. The van der Waals surface area contributed by atoms with Crippen molar-refractivity contribution in [3.05, 3.63) is 18.3 Å². The van der Waals surface area contributed by atoms with E-state index in [0.717, 1.165) is 44.5 Å². The number of hydrogen-bond acceptors (Lipinski definition) is 5. The number of pyridine rings is 1. The number of piperidine rings is 1.